The number of fused-ring (bicyclic) bond motifs is 6. The van der Waals surface area contributed by atoms with Crippen LogP contribution in [-0.2, 0) is 65.2 Å². The first-order chi connectivity index (χ1) is 46.6. The zero-order valence-corrected chi connectivity index (χ0v) is 57.5. The highest BCUT2D eigenvalue weighted by molar-refractivity contribution is 5.96. The molecule has 0 radical (unpaired) electrons. The predicted octanol–water partition coefficient (Wildman–Crippen LogP) is 12.8. The van der Waals surface area contributed by atoms with Gasteiger partial charge in [0.05, 0.1) is 48.6 Å². The summed E-state index contributed by atoms with van der Waals surface area (Å²) in [5.74, 6) is 1.62. The van der Waals surface area contributed by atoms with Gasteiger partial charge in [-0.25, -0.2) is 0 Å². The Morgan fingerprint density at radius 1 is 0.505 bits per heavy atom. The van der Waals surface area contributed by atoms with Crippen molar-refractivity contribution < 1.29 is 84.2 Å². The zero-order chi connectivity index (χ0) is 72.0. The van der Waals surface area contributed by atoms with Gasteiger partial charge in [-0.3, -0.25) is 24.1 Å². The number of hydrogen-bond acceptors (Lipinski definition) is 11. The van der Waals surface area contributed by atoms with E-state index in [-0.39, 0.29) is 63.3 Å². The Balaban J connectivity index is 0.000000175. The van der Waals surface area contributed by atoms with Crippen LogP contribution in [0.15, 0.2) is 97.1 Å². The van der Waals surface area contributed by atoms with Gasteiger partial charge < -0.3 is 62.7 Å². The van der Waals surface area contributed by atoms with E-state index in [0.29, 0.717) is 160 Å². The molecule has 99 heavy (non-hydrogen) atoms. The van der Waals surface area contributed by atoms with Crippen molar-refractivity contribution in [2.45, 2.75) is 166 Å². The average Bonchev–Trinajstić information content (AvgIpc) is 1.48. The lowest BCUT2D eigenvalue weighted by molar-refractivity contribution is -0.148. The van der Waals surface area contributed by atoms with Crippen molar-refractivity contribution in [3.05, 3.63) is 153 Å². The normalized spacial score (nSPS) is 18.2. The van der Waals surface area contributed by atoms with E-state index in [1.54, 1.807) is 113 Å². The van der Waals surface area contributed by atoms with Gasteiger partial charge in [0, 0.05) is 126 Å². The molecule has 3 saturated heterocycles. The van der Waals surface area contributed by atoms with Crippen molar-refractivity contribution in [3.63, 3.8) is 0 Å². The molecule has 3 aromatic carbocycles. The minimum absolute atomic E-state index is 0. The average molecular weight is 1400 g/mol. The Morgan fingerprint density at radius 3 is 1.40 bits per heavy atom. The van der Waals surface area contributed by atoms with Crippen LogP contribution in [0.1, 0.15) is 166 Å². The zero-order valence-electron chi connectivity index (χ0n) is 57.5. The van der Waals surface area contributed by atoms with Crippen LogP contribution in [0.2, 0.25) is 0 Å². The molecule has 9 heterocycles. The third-order valence-electron chi connectivity index (χ3n) is 20.1. The number of rotatable bonds is 11. The van der Waals surface area contributed by atoms with Gasteiger partial charge in [0.25, 0.3) is 17.7 Å². The molecule has 18 nitrogen and oxygen atoms in total. The summed E-state index contributed by atoms with van der Waals surface area (Å²) in [6, 6.07) is 25.2. The number of ether oxygens (including phenoxy) is 4. The smallest absolute Gasteiger partial charge is 0.431 e. The fraction of sp³-hybridized carbons (Fsp3) is 0.528. The highest BCUT2D eigenvalue weighted by atomic mass is 19.4. The summed E-state index contributed by atoms with van der Waals surface area (Å²) in [4.78, 5) is 61.4. The highest BCUT2D eigenvalue weighted by Gasteiger charge is 2.52. The summed E-state index contributed by atoms with van der Waals surface area (Å²) >= 11 is 0. The van der Waals surface area contributed by atoms with E-state index < -0.39 is 57.8 Å². The van der Waals surface area contributed by atoms with Gasteiger partial charge in [-0.15, -0.1) is 0 Å². The Hall–Kier alpha value is -8.17. The number of likely N-dealkylation sites (N-methyl/N-ethyl adjacent to an activating group) is 1. The number of methoxy groups -OCH3 is 2. The second-order valence-electron chi connectivity index (χ2n) is 27.2. The Bertz CT molecular complexity index is 3890. The van der Waals surface area contributed by atoms with E-state index in [2.05, 4.69) is 10.2 Å². The number of nitrogens with zero attached hydrogens (tertiary/aromatic N) is 8. The van der Waals surface area contributed by atoms with Gasteiger partial charge in [0.1, 0.15) is 28.6 Å². The number of likely N-dealkylation sites (tertiary alicyclic amines) is 3. The lowest BCUT2D eigenvalue weighted by Gasteiger charge is -2.52. The molecule has 3 spiro atoms. The lowest BCUT2D eigenvalue weighted by Crippen LogP contribution is -2.59. The number of halogens is 9. The number of piperidine rings is 3. The van der Waals surface area contributed by atoms with Crippen LogP contribution in [0.3, 0.4) is 0 Å². The van der Waals surface area contributed by atoms with Gasteiger partial charge >= 0.3 is 18.5 Å². The minimum atomic E-state index is -4.47. The fourth-order valence-electron chi connectivity index (χ4n) is 15.2. The van der Waals surface area contributed by atoms with Crippen LogP contribution in [-0.4, -0.2) is 159 Å². The molecular formula is C72H90F9N9O9. The monoisotopic (exact) mass is 1400 g/mol. The SMILES string of the molecule is CC(C)Oc1ccc(C(=O)N2CCC3(CC2)c2ccc(C(F)(F)F)n2CCN3C)cc1.CCC(=O)N1CCn2c(C(F)(F)F)ccc2C12CCN(C(=O)c1ccc(OC(C)C)c(OC)c1)CC2.COc1cc(C(=O)N2CCC3(CC2)NCCn2c(C(F)(F)F)ccc23)ccc1C(C)(C)O.[HH]. The maximum atomic E-state index is 13.6. The molecule has 0 atom stereocenters. The first kappa shape index (κ1) is 73.5. The molecule has 2 N–H and O–H groups in total. The van der Waals surface area contributed by atoms with E-state index in [1.807, 2.05) is 34.7 Å². The predicted molar refractivity (Wildman–Crippen MR) is 353 cm³/mol. The fourth-order valence-corrected chi connectivity index (χ4v) is 15.2. The van der Waals surface area contributed by atoms with E-state index in [0.717, 1.165) is 12.1 Å². The Morgan fingerprint density at radius 2 is 0.929 bits per heavy atom. The van der Waals surface area contributed by atoms with Crippen molar-refractivity contribution in [2.24, 2.45) is 0 Å². The topological polar surface area (TPSA) is 168 Å². The molecule has 540 valence electrons. The third kappa shape index (κ3) is 14.9. The molecule has 3 fully saturated rings. The van der Waals surface area contributed by atoms with Gasteiger partial charge in [0.15, 0.2) is 11.5 Å². The van der Waals surface area contributed by atoms with Crippen molar-refractivity contribution in [1.29, 1.82) is 0 Å². The number of aliphatic hydroxyl groups is 1. The number of amides is 4. The first-order valence-electron chi connectivity index (χ1n) is 33.6. The number of hydrogen-bond donors (Lipinski definition) is 2. The maximum absolute atomic E-state index is 13.6. The van der Waals surface area contributed by atoms with Crippen molar-refractivity contribution in [3.8, 4) is 23.0 Å². The van der Waals surface area contributed by atoms with E-state index >= 15 is 0 Å². The molecule has 0 saturated carbocycles. The minimum Gasteiger partial charge on any atom is -0.496 e. The molecule has 4 amide bonds. The number of benzene rings is 3. The highest BCUT2D eigenvalue weighted by Crippen LogP contribution is 2.48. The number of aromatic nitrogens is 3. The second kappa shape index (κ2) is 28.5. The van der Waals surface area contributed by atoms with Crippen LogP contribution in [0.25, 0.3) is 0 Å². The Labute approximate surface area is 571 Å². The van der Waals surface area contributed by atoms with Crippen molar-refractivity contribution >= 4 is 23.6 Å². The quantitative estimate of drug-likeness (QED) is 0.118. The van der Waals surface area contributed by atoms with Crippen LogP contribution in [0.4, 0.5) is 39.5 Å². The summed E-state index contributed by atoms with van der Waals surface area (Å²) in [5, 5.41) is 13.7. The first-order valence-corrected chi connectivity index (χ1v) is 33.6. The van der Waals surface area contributed by atoms with Crippen LogP contribution < -0.4 is 24.3 Å². The van der Waals surface area contributed by atoms with Crippen LogP contribution in [0, 0.1) is 0 Å². The van der Waals surface area contributed by atoms with Crippen LogP contribution >= 0.6 is 0 Å². The van der Waals surface area contributed by atoms with Crippen molar-refractivity contribution in [2.75, 3.05) is 80.2 Å². The van der Waals surface area contributed by atoms with Crippen molar-refractivity contribution in [1.82, 2.24) is 43.5 Å². The summed E-state index contributed by atoms with van der Waals surface area (Å²) in [7, 11) is 4.96. The molecule has 0 bridgehead atoms. The summed E-state index contributed by atoms with van der Waals surface area (Å²) in [6.07, 6.45) is -9.98. The number of carbonyl (C=O) groups excluding carboxylic acids is 4. The van der Waals surface area contributed by atoms with Crippen LogP contribution in [0.5, 0.6) is 23.0 Å². The molecule has 6 aliphatic rings. The molecule has 0 aliphatic carbocycles. The molecule has 6 aromatic rings. The molecule has 6 aliphatic heterocycles. The molecular weight excluding hydrogens is 1310 g/mol. The summed E-state index contributed by atoms with van der Waals surface area (Å²) in [6.45, 7) is 17.1. The van der Waals surface area contributed by atoms with E-state index in [4.69, 9.17) is 18.9 Å². The number of nitrogens with one attached hydrogen (secondary N) is 1. The largest absolute Gasteiger partial charge is 0.496 e. The van der Waals surface area contributed by atoms with Gasteiger partial charge in [-0.1, -0.05) is 13.0 Å². The number of carbonyl (C=O) groups is 4. The lowest BCUT2D eigenvalue weighted by atomic mass is 9.80. The third-order valence-corrected chi connectivity index (χ3v) is 20.1. The van der Waals surface area contributed by atoms with Gasteiger partial charge in [-0.05, 0) is 178 Å². The van der Waals surface area contributed by atoms with Gasteiger partial charge in [0.2, 0.25) is 5.91 Å². The Kier molecular flexibility index (Phi) is 21.1. The molecule has 3 aromatic heterocycles. The maximum Gasteiger partial charge on any atom is 0.431 e. The molecule has 12 rings (SSSR count). The second-order valence-corrected chi connectivity index (χ2v) is 27.2. The van der Waals surface area contributed by atoms with E-state index in [1.165, 1.54) is 40.1 Å². The number of alkyl halides is 9. The molecule has 0 unspecified atom stereocenters. The molecule has 27 heteroatoms. The summed E-state index contributed by atoms with van der Waals surface area (Å²) in [5.41, 5.74) is -1.04. The van der Waals surface area contributed by atoms with E-state index in [9.17, 15) is 63.8 Å². The van der Waals surface area contributed by atoms with Gasteiger partial charge in [-0.2, -0.15) is 39.5 Å². The summed E-state index contributed by atoms with van der Waals surface area (Å²) < 4.78 is 147. The standard InChI is InChI=1S/C26H32F3N3O4.C23H28F3N3O3.C23H28F3N3O2.H2/c1-5-23(33)32-15-14-31-21(8-9-22(31)26(27,28)29)25(32)10-12-30(13-11-25)24(34)18-6-7-19(36-17(2)3)20(16-18)35-4;1-21(2,31)16-5-4-15(14-17(16)32-3)20(30)28-11-8-22(9-12-28)18-6-7-19(23(24,25)26)29(18)13-10-27-22;1-16(2)31-18-6-4-17(5-7-18)21(30)28-12-10-22(11-13-28)19-8-9-20(23(24,25)26)29(19)15-14-27(22)3;/h6-9,16-17H,5,10-15H2,1-4H3;4-7,14,27,31H,8-13H2,1-3H3;4-9,16H,10-15H2,1-3H3;1H.